The van der Waals surface area contributed by atoms with Crippen molar-refractivity contribution in [3.8, 4) is 0 Å². The number of benzene rings is 2. The Morgan fingerprint density at radius 3 is 2.73 bits per heavy atom. The fourth-order valence-corrected chi connectivity index (χ4v) is 3.77. The Labute approximate surface area is 156 Å². The Morgan fingerprint density at radius 1 is 1.12 bits per heavy atom. The molecule has 5 heteroatoms. The molecule has 1 aliphatic rings. The molecule has 2 heterocycles. The van der Waals surface area contributed by atoms with Crippen LogP contribution in [0.5, 0.6) is 0 Å². The molecule has 0 saturated heterocycles. The second kappa shape index (κ2) is 6.61. The van der Waals surface area contributed by atoms with Crippen LogP contribution in [0.2, 0.25) is 5.02 Å². The van der Waals surface area contributed by atoms with E-state index in [1.165, 1.54) is 6.07 Å². The second-order valence-electron chi connectivity index (χ2n) is 6.55. The van der Waals surface area contributed by atoms with Crippen molar-refractivity contribution in [3.63, 3.8) is 0 Å². The van der Waals surface area contributed by atoms with E-state index in [2.05, 4.69) is 4.57 Å². The maximum Gasteiger partial charge on any atom is 0.254 e. The van der Waals surface area contributed by atoms with E-state index in [9.17, 15) is 9.18 Å². The van der Waals surface area contributed by atoms with Crippen LogP contribution in [0.25, 0.3) is 0 Å². The van der Waals surface area contributed by atoms with Crippen molar-refractivity contribution in [1.82, 2.24) is 9.47 Å². The molecule has 0 unspecified atom stereocenters. The van der Waals surface area contributed by atoms with Crippen molar-refractivity contribution in [2.45, 2.75) is 19.5 Å². The van der Waals surface area contributed by atoms with E-state index in [4.69, 9.17) is 11.6 Å². The number of aryl methyl sites for hydroxylation is 1. The molecule has 1 aromatic heterocycles. The van der Waals surface area contributed by atoms with Crippen LogP contribution in [0, 0.1) is 12.7 Å². The maximum atomic E-state index is 13.6. The highest BCUT2D eigenvalue weighted by Crippen LogP contribution is 2.34. The van der Waals surface area contributed by atoms with Crippen molar-refractivity contribution in [2.75, 3.05) is 6.54 Å². The Kier molecular flexibility index (Phi) is 4.29. The van der Waals surface area contributed by atoms with Gasteiger partial charge in [0, 0.05) is 35.6 Å². The summed E-state index contributed by atoms with van der Waals surface area (Å²) in [4.78, 5) is 15.1. The molecule has 3 aromatic rings. The maximum absolute atomic E-state index is 13.6. The first-order valence-corrected chi connectivity index (χ1v) is 8.90. The molecule has 0 bridgehead atoms. The molecule has 1 amide bonds. The van der Waals surface area contributed by atoms with Gasteiger partial charge in [-0.05, 0) is 60.5 Å². The molecule has 3 nitrogen and oxygen atoms in total. The van der Waals surface area contributed by atoms with Crippen LogP contribution in [0.4, 0.5) is 4.39 Å². The number of rotatable bonds is 2. The van der Waals surface area contributed by atoms with Gasteiger partial charge in [-0.1, -0.05) is 23.7 Å². The molecular weight excluding hydrogens is 351 g/mol. The van der Waals surface area contributed by atoms with E-state index < -0.39 is 0 Å². The summed E-state index contributed by atoms with van der Waals surface area (Å²) in [7, 11) is 0. The summed E-state index contributed by atoms with van der Waals surface area (Å²) >= 11 is 6.20. The molecule has 0 radical (unpaired) electrons. The largest absolute Gasteiger partial charge is 0.348 e. The van der Waals surface area contributed by atoms with Crippen molar-refractivity contribution < 1.29 is 9.18 Å². The van der Waals surface area contributed by atoms with Crippen molar-refractivity contribution in [3.05, 3.63) is 94.0 Å². The summed E-state index contributed by atoms with van der Waals surface area (Å²) in [5, 5.41) is 0.635. The van der Waals surface area contributed by atoms with Gasteiger partial charge in [0.25, 0.3) is 5.91 Å². The van der Waals surface area contributed by atoms with Crippen LogP contribution < -0.4 is 0 Å². The van der Waals surface area contributed by atoms with Crippen LogP contribution in [0.3, 0.4) is 0 Å². The fourth-order valence-electron chi connectivity index (χ4n) is 3.57. The third-order valence-electron chi connectivity index (χ3n) is 4.87. The molecule has 26 heavy (non-hydrogen) atoms. The summed E-state index contributed by atoms with van der Waals surface area (Å²) in [5.74, 6) is -0.411. The SMILES string of the molecule is Cc1cc(C(=O)N2CCn3cccc3[C@H]2c2cccc(Cl)c2)ccc1F. The predicted octanol–water partition coefficient (Wildman–Crippen LogP) is 4.83. The summed E-state index contributed by atoms with van der Waals surface area (Å²) in [6.07, 6.45) is 2.02. The van der Waals surface area contributed by atoms with Gasteiger partial charge >= 0.3 is 0 Å². The molecule has 1 atom stereocenters. The van der Waals surface area contributed by atoms with Gasteiger partial charge in [-0.3, -0.25) is 4.79 Å². The lowest BCUT2D eigenvalue weighted by Gasteiger charge is -2.37. The van der Waals surface area contributed by atoms with E-state index in [-0.39, 0.29) is 17.8 Å². The number of hydrogen-bond acceptors (Lipinski definition) is 1. The second-order valence-corrected chi connectivity index (χ2v) is 6.98. The molecule has 0 spiro atoms. The summed E-state index contributed by atoms with van der Waals surface area (Å²) in [6, 6.07) is 15.9. The first kappa shape index (κ1) is 16.9. The van der Waals surface area contributed by atoms with Gasteiger partial charge in [0.15, 0.2) is 0 Å². The van der Waals surface area contributed by atoms with E-state index in [0.717, 1.165) is 17.8 Å². The van der Waals surface area contributed by atoms with E-state index >= 15 is 0 Å². The van der Waals surface area contributed by atoms with Crippen LogP contribution in [0.15, 0.2) is 60.8 Å². The molecule has 0 N–H and O–H groups in total. The number of amides is 1. The van der Waals surface area contributed by atoms with Crippen LogP contribution >= 0.6 is 11.6 Å². The minimum Gasteiger partial charge on any atom is -0.348 e. The first-order chi connectivity index (χ1) is 12.5. The topological polar surface area (TPSA) is 25.2 Å². The highest BCUT2D eigenvalue weighted by Gasteiger charge is 2.32. The van der Waals surface area contributed by atoms with E-state index in [1.807, 2.05) is 47.5 Å². The number of fused-ring (bicyclic) bond motifs is 1. The third kappa shape index (κ3) is 2.90. The lowest BCUT2D eigenvalue weighted by molar-refractivity contribution is 0.0664. The van der Waals surface area contributed by atoms with Gasteiger partial charge in [-0.25, -0.2) is 4.39 Å². The first-order valence-electron chi connectivity index (χ1n) is 8.52. The van der Waals surface area contributed by atoms with Crippen molar-refractivity contribution in [1.29, 1.82) is 0 Å². The number of nitrogens with zero attached hydrogens (tertiary/aromatic N) is 2. The molecule has 4 rings (SSSR count). The fraction of sp³-hybridized carbons (Fsp3) is 0.190. The number of halogens is 2. The Balaban J connectivity index is 1.78. The molecule has 1 aliphatic heterocycles. The number of carbonyl (C=O) groups is 1. The molecule has 0 saturated carbocycles. The third-order valence-corrected chi connectivity index (χ3v) is 5.10. The van der Waals surface area contributed by atoms with Gasteiger partial charge in [-0.2, -0.15) is 0 Å². The quantitative estimate of drug-likeness (QED) is 0.635. The van der Waals surface area contributed by atoms with Gasteiger partial charge in [-0.15, -0.1) is 0 Å². The lowest BCUT2D eigenvalue weighted by Crippen LogP contribution is -2.42. The minimum absolute atomic E-state index is 0.106. The molecule has 0 aliphatic carbocycles. The zero-order chi connectivity index (χ0) is 18.3. The van der Waals surface area contributed by atoms with E-state index in [1.54, 1.807) is 19.1 Å². The normalized spacial score (nSPS) is 16.4. The minimum atomic E-state index is -0.305. The van der Waals surface area contributed by atoms with Crippen molar-refractivity contribution in [2.24, 2.45) is 0 Å². The molecule has 132 valence electrons. The molecule has 2 aromatic carbocycles. The Bertz CT molecular complexity index is 982. The van der Waals surface area contributed by atoms with Gasteiger partial charge < -0.3 is 9.47 Å². The van der Waals surface area contributed by atoms with Gasteiger partial charge in [0.1, 0.15) is 5.82 Å². The van der Waals surface area contributed by atoms with E-state index in [0.29, 0.717) is 22.7 Å². The summed E-state index contributed by atoms with van der Waals surface area (Å²) < 4.78 is 15.8. The molecular formula is C21H18ClFN2O. The zero-order valence-corrected chi connectivity index (χ0v) is 15.1. The van der Waals surface area contributed by atoms with Crippen molar-refractivity contribution >= 4 is 17.5 Å². The smallest absolute Gasteiger partial charge is 0.254 e. The highest BCUT2D eigenvalue weighted by molar-refractivity contribution is 6.30. The number of hydrogen-bond donors (Lipinski definition) is 0. The lowest BCUT2D eigenvalue weighted by atomic mass is 9.98. The standard InChI is InChI=1S/C21H18ClFN2O/c1-14-12-16(7-8-18(14)23)21(26)25-11-10-24-9-3-6-19(24)20(25)15-4-2-5-17(22)13-15/h2-9,12-13,20H,10-11H2,1H3/t20-/m1/s1. The predicted molar refractivity (Wildman–Crippen MR) is 99.9 cm³/mol. The average Bonchev–Trinajstić information content (AvgIpc) is 3.11. The summed E-state index contributed by atoms with van der Waals surface area (Å²) in [5.41, 5.74) is 2.97. The molecule has 0 fully saturated rings. The van der Waals surface area contributed by atoms with Gasteiger partial charge in [0.05, 0.1) is 6.04 Å². The number of carbonyl (C=O) groups excluding carboxylic acids is 1. The highest BCUT2D eigenvalue weighted by atomic mass is 35.5. The Morgan fingerprint density at radius 2 is 1.96 bits per heavy atom. The Hall–Kier alpha value is -2.59. The summed E-state index contributed by atoms with van der Waals surface area (Å²) in [6.45, 7) is 2.97. The van der Waals surface area contributed by atoms with Gasteiger partial charge in [0.2, 0.25) is 0 Å². The average molecular weight is 369 g/mol. The van der Waals surface area contributed by atoms with Crippen LogP contribution in [-0.2, 0) is 6.54 Å². The number of aromatic nitrogens is 1. The monoisotopic (exact) mass is 368 g/mol. The van der Waals surface area contributed by atoms with Crippen LogP contribution in [0.1, 0.15) is 33.2 Å². The van der Waals surface area contributed by atoms with Crippen LogP contribution in [-0.4, -0.2) is 21.9 Å². The zero-order valence-electron chi connectivity index (χ0n) is 14.3.